The number of rotatable bonds is 3. The molecule has 5 nitrogen and oxygen atoms in total. The highest BCUT2D eigenvalue weighted by Gasteiger charge is 2.17. The maximum absolute atomic E-state index is 12.2. The summed E-state index contributed by atoms with van der Waals surface area (Å²) in [7, 11) is 0. The lowest BCUT2D eigenvalue weighted by molar-refractivity contribution is 0.102. The molecule has 0 fully saturated rings. The van der Waals surface area contributed by atoms with Crippen molar-refractivity contribution < 1.29 is 9.42 Å². The molecular formula is C14H11N3O2S. The Morgan fingerprint density at radius 1 is 1.20 bits per heavy atom. The average molecular weight is 285 g/mol. The van der Waals surface area contributed by atoms with Crippen LogP contribution in [0.15, 0.2) is 46.4 Å². The van der Waals surface area contributed by atoms with Gasteiger partial charge in [0.15, 0.2) is 5.69 Å². The van der Waals surface area contributed by atoms with Gasteiger partial charge in [0, 0.05) is 5.56 Å². The molecule has 3 aromatic rings. The summed E-state index contributed by atoms with van der Waals surface area (Å²) < 4.78 is 4.73. The number of nitrogens with zero attached hydrogens (tertiary/aromatic N) is 2. The fraction of sp³-hybridized carbons (Fsp3) is 0.0714. The predicted molar refractivity (Wildman–Crippen MR) is 76.7 cm³/mol. The van der Waals surface area contributed by atoms with Crippen LogP contribution in [0.1, 0.15) is 15.9 Å². The first kappa shape index (κ1) is 12.6. The summed E-state index contributed by atoms with van der Waals surface area (Å²) in [5, 5.41) is 12.3. The molecule has 0 saturated carbocycles. The zero-order chi connectivity index (χ0) is 13.9. The molecule has 0 radical (unpaired) electrons. The van der Waals surface area contributed by atoms with Gasteiger partial charge < -0.3 is 5.32 Å². The van der Waals surface area contributed by atoms with Crippen LogP contribution in [-0.4, -0.2) is 16.2 Å². The van der Waals surface area contributed by atoms with Gasteiger partial charge in [-0.3, -0.25) is 4.79 Å². The second-order valence-electron chi connectivity index (χ2n) is 4.21. The van der Waals surface area contributed by atoms with E-state index < -0.39 is 0 Å². The Bertz CT molecular complexity index is 734. The molecule has 0 spiro atoms. The molecule has 1 aromatic carbocycles. The molecule has 0 unspecified atom stereocenters. The van der Waals surface area contributed by atoms with Gasteiger partial charge in [0.2, 0.25) is 5.82 Å². The van der Waals surface area contributed by atoms with Gasteiger partial charge >= 0.3 is 0 Å². The van der Waals surface area contributed by atoms with Crippen LogP contribution < -0.4 is 5.32 Å². The topological polar surface area (TPSA) is 68.0 Å². The highest BCUT2D eigenvalue weighted by atomic mass is 32.1. The van der Waals surface area contributed by atoms with E-state index in [0.29, 0.717) is 17.1 Å². The zero-order valence-electron chi connectivity index (χ0n) is 10.7. The van der Waals surface area contributed by atoms with Gasteiger partial charge in [0.25, 0.3) is 5.91 Å². The Labute approximate surface area is 119 Å². The summed E-state index contributed by atoms with van der Waals surface area (Å²) in [5.41, 5.74) is 2.05. The van der Waals surface area contributed by atoms with Crippen LogP contribution >= 0.6 is 11.3 Å². The minimum atomic E-state index is -0.225. The Balaban J connectivity index is 1.88. The lowest BCUT2D eigenvalue weighted by atomic mass is 10.1. The van der Waals surface area contributed by atoms with E-state index in [9.17, 15) is 4.79 Å². The first-order valence-corrected chi connectivity index (χ1v) is 6.87. The van der Waals surface area contributed by atoms with Crippen molar-refractivity contribution in [1.29, 1.82) is 0 Å². The van der Waals surface area contributed by atoms with Gasteiger partial charge in [0.1, 0.15) is 0 Å². The molecule has 6 heteroatoms. The molecule has 0 aliphatic rings. The number of aryl methyl sites for hydroxylation is 1. The number of hydrogen-bond acceptors (Lipinski definition) is 5. The molecular weight excluding hydrogens is 274 g/mol. The van der Waals surface area contributed by atoms with Crippen molar-refractivity contribution in [3.8, 4) is 10.6 Å². The van der Waals surface area contributed by atoms with Crippen LogP contribution in [-0.2, 0) is 0 Å². The number of nitrogens with one attached hydrogen (secondary N) is 1. The van der Waals surface area contributed by atoms with E-state index in [1.807, 2.05) is 42.6 Å². The average Bonchev–Trinajstić information content (AvgIpc) is 3.09. The number of hydrogen-bond donors (Lipinski definition) is 1. The van der Waals surface area contributed by atoms with Crippen molar-refractivity contribution in [2.45, 2.75) is 6.92 Å². The molecule has 2 heterocycles. The van der Waals surface area contributed by atoms with Crippen LogP contribution in [0.4, 0.5) is 5.82 Å². The first-order chi connectivity index (χ1) is 9.75. The van der Waals surface area contributed by atoms with Crippen LogP contribution in [0, 0.1) is 6.92 Å². The third-order valence-electron chi connectivity index (χ3n) is 2.86. The van der Waals surface area contributed by atoms with Gasteiger partial charge in [0.05, 0.1) is 4.88 Å². The van der Waals surface area contributed by atoms with E-state index in [0.717, 1.165) is 10.4 Å². The molecule has 2 aromatic heterocycles. The van der Waals surface area contributed by atoms with E-state index in [4.69, 9.17) is 4.63 Å². The Morgan fingerprint density at radius 2 is 2.05 bits per heavy atom. The molecule has 0 aliphatic carbocycles. The normalized spacial score (nSPS) is 10.4. The van der Waals surface area contributed by atoms with Gasteiger partial charge in [-0.15, -0.1) is 11.3 Å². The number of thiophene rings is 1. The van der Waals surface area contributed by atoms with Gasteiger partial charge in [-0.05, 0) is 40.3 Å². The van der Waals surface area contributed by atoms with Crippen molar-refractivity contribution in [3.63, 3.8) is 0 Å². The van der Waals surface area contributed by atoms with Crippen molar-refractivity contribution >= 4 is 23.1 Å². The largest absolute Gasteiger partial charge is 0.302 e. The molecule has 3 rings (SSSR count). The minimum Gasteiger partial charge on any atom is -0.302 e. The van der Waals surface area contributed by atoms with Gasteiger partial charge in [-0.2, -0.15) is 0 Å². The second kappa shape index (κ2) is 5.26. The Kier molecular flexibility index (Phi) is 3.30. The third kappa shape index (κ3) is 2.33. The fourth-order valence-corrected chi connectivity index (χ4v) is 2.55. The maximum Gasteiger partial charge on any atom is 0.257 e. The fourth-order valence-electron chi connectivity index (χ4n) is 1.85. The Morgan fingerprint density at radius 3 is 2.80 bits per heavy atom. The standard InChI is InChI=1S/C14H11N3O2S/c1-9-5-2-3-6-10(9)14(18)15-13-12(16-19-17-13)11-7-4-8-20-11/h2-8H,1H3,(H,15,17,18). The summed E-state index contributed by atoms with van der Waals surface area (Å²) in [6.45, 7) is 1.89. The summed E-state index contributed by atoms with van der Waals surface area (Å²) in [5.74, 6) is 0.109. The van der Waals surface area contributed by atoms with Crippen molar-refractivity contribution in [2.24, 2.45) is 0 Å². The molecule has 1 N–H and O–H groups in total. The molecule has 1 amide bonds. The molecule has 0 atom stereocenters. The molecule has 0 bridgehead atoms. The highest BCUT2D eigenvalue weighted by Crippen LogP contribution is 2.28. The van der Waals surface area contributed by atoms with Crippen LogP contribution in [0.5, 0.6) is 0 Å². The number of anilines is 1. The van der Waals surface area contributed by atoms with Crippen LogP contribution in [0.2, 0.25) is 0 Å². The van der Waals surface area contributed by atoms with Gasteiger partial charge in [-0.25, -0.2) is 4.63 Å². The quantitative estimate of drug-likeness (QED) is 0.801. The number of amides is 1. The van der Waals surface area contributed by atoms with E-state index in [1.54, 1.807) is 6.07 Å². The zero-order valence-corrected chi connectivity index (χ0v) is 11.5. The molecule has 0 saturated heterocycles. The van der Waals surface area contributed by atoms with E-state index >= 15 is 0 Å². The maximum atomic E-state index is 12.2. The number of carbonyl (C=O) groups is 1. The van der Waals surface area contributed by atoms with Crippen molar-refractivity contribution in [3.05, 3.63) is 52.9 Å². The lowest BCUT2D eigenvalue weighted by Crippen LogP contribution is -2.14. The number of benzene rings is 1. The Hall–Kier alpha value is -2.47. The monoisotopic (exact) mass is 285 g/mol. The minimum absolute atomic E-state index is 0.225. The molecule has 100 valence electrons. The van der Waals surface area contributed by atoms with E-state index in [-0.39, 0.29) is 5.91 Å². The summed E-state index contributed by atoms with van der Waals surface area (Å²) in [4.78, 5) is 13.1. The lowest BCUT2D eigenvalue weighted by Gasteiger charge is -2.05. The highest BCUT2D eigenvalue weighted by molar-refractivity contribution is 7.13. The van der Waals surface area contributed by atoms with Crippen LogP contribution in [0.25, 0.3) is 10.6 Å². The van der Waals surface area contributed by atoms with Crippen molar-refractivity contribution in [1.82, 2.24) is 10.3 Å². The second-order valence-corrected chi connectivity index (χ2v) is 5.16. The smallest absolute Gasteiger partial charge is 0.257 e. The molecule has 0 aliphatic heterocycles. The van der Waals surface area contributed by atoms with Crippen molar-refractivity contribution in [2.75, 3.05) is 5.32 Å². The number of carbonyl (C=O) groups excluding carboxylic acids is 1. The van der Waals surface area contributed by atoms with E-state index in [1.165, 1.54) is 11.3 Å². The third-order valence-corrected chi connectivity index (χ3v) is 3.74. The summed E-state index contributed by atoms with van der Waals surface area (Å²) in [6, 6.07) is 11.2. The SMILES string of the molecule is Cc1ccccc1C(=O)Nc1nonc1-c1cccs1. The van der Waals surface area contributed by atoms with Gasteiger partial charge in [-0.1, -0.05) is 24.3 Å². The first-order valence-electron chi connectivity index (χ1n) is 5.99. The summed E-state index contributed by atoms with van der Waals surface area (Å²) >= 11 is 1.51. The van der Waals surface area contributed by atoms with E-state index in [2.05, 4.69) is 15.6 Å². The summed E-state index contributed by atoms with van der Waals surface area (Å²) in [6.07, 6.45) is 0. The number of aromatic nitrogens is 2. The van der Waals surface area contributed by atoms with Crippen LogP contribution in [0.3, 0.4) is 0 Å². The predicted octanol–water partition coefficient (Wildman–Crippen LogP) is 3.36. The molecule has 20 heavy (non-hydrogen) atoms.